The first kappa shape index (κ1) is 20.0. The molecule has 0 aliphatic carbocycles. The maximum absolute atomic E-state index is 14.9. The highest BCUT2D eigenvalue weighted by molar-refractivity contribution is 5.90. The number of aryl methyl sites for hydroxylation is 2. The van der Waals surface area contributed by atoms with Crippen LogP contribution in [0.2, 0.25) is 0 Å². The van der Waals surface area contributed by atoms with Crippen molar-refractivity contribution in [3.05, 3.63) is 77.8 Å². The van der Waals surface area contributed by atoms with Gasteiger partial charge >= 0.3 is 6.03 Å². The van der Waals surface area contributed by atoms with Crippen LogP contribution in [-0.2, 0) is 7.05 Å². The SMILES string of the molecule is Cc1nn(C)c(C)c1-c1ccc(NC(=O)NCC2c3ccccc3-c3cncn32)cc1F. The molecular weight excluding hydrogens is 407 g/mol. The first-order valence-electron chi connectivity index (χ1n) is 10.4. The number of hydrogen-bond donors (Lipinski definition) is 2. The molecule has 8 heteroatoms. The van der Waals surface area contributed by atoms with Crippen molar-refractivity contribution in [1.82, 2.24) is 24.6 Å². The third-order valence-corrected chi connectivity index (χ3v) is 6.06. The van der Waals surface area contributed by atoms with Gasteiger partial charge in [-0.3, -0.25) is 4.68 Å². The summed E-state index contributed by atoms with van der Waals surface area (Å²) in [6.45, 7) is 4.15. The Bertz CT molecular complexity index is 1340. The van der Waals surface area contributed by atoms with E-state index in [1.807, 2.05) is 39.2 Å². The van der Waals surface area contributed by atoms with E-state index in [9.17, 15) is 9.18 Å². The quantitative estimate of drug-likeness (QED) is 0.503. The van der Waals surface area contributed by atoms with Crippen LogP contribution in [0, 0.1) is 19.7 Å². The number of hydrogen-bond acceptors (Lipinski definition) is 3. The maximum atomic E-state index is 14.9. The fourth-order valence-electron chi connectivity index (χ4n) is 4.46. The topological polar surface area (TPSA) is 76.8 Å². The molecule has 2 amide bonds. The van der Waals surface area contributed by atoms with Gasteiger partial charge in [-0.25, -0.2) is 14.2 Å². The van der Waals surface area contributed by atoms with E-state index in [0.717, 1.165) is 33.8 Å². The summed E-state index contributed by atoms with van der Waals surface area (Å²) < 4.78 is 18.6. The van der Waals surface area contributed by atoms with Crippen molar-refractivity contribution < 1.29 is 9.18 Å². The lowest BCUT2D eigenvalue weighted by molar-refractivity contribution is 0.251. The van der Waals surface area contributed by atoms with Crippen molar-refractivity contribution >= 4 is 11.7 Å². The van der Waals surface area contributed by atoms with Gasteiger partial charge in [0.05, 0.1) is 30.0 Å². The number of fused-ring (bicyclic) bond motifs is 3. The number of halogens is 1. The van der Waals surface area contributed by atoms with Gasteiger partial charge in [0.1, 0.15) is 5.82 Å². The minimum absolute atomic E-state index is 0.0370. The van der Waals surface area contributed by atoms with Crippen LogP contribution in [0.1, 0.15) is 23.0 Å². The molecule has 2 aromatic carbocycles. The van der Waals surface area contributed by atoms with Gasteiger partial charge in [-0.2, -0.15) is 5.10 Å². The molecule has 1 aliphatic heterocycles. The average molecular weight is 430 g/mol. The summed E-state index contributed by atoms with van der Waals surface area (Å²) in [6, 6.07) is 12.4. The number of rotatable bonds is 4. The normalized spacial score (nSPS) is 14.2. The Morgan fingerprint density at radius 2 is 1.97 bits per heavy atom. The number of aromatic nitrogens is 4. The number of imidazole rings is 1. The molecule has 32 heavy (non-hydrogen) atoms. The zero-order chi connectivity index (χ0) is 22.4. The third kappa shape index (κ3) is 3.24. The number of carbonyl (C=O) groups is 1. The highest BCUT2D eigenvalue weighted by Crippen LogP contribution is 2.38. The molecule has 0 bridgehead atoms. The number of nitrogens with zero attached hydrogens (tertiary/aromatic N) is 4. The molecule has 7 nitrogen and oxygen atoms in total. The van der Waals surface area contributed by atoms with E-state index < -0.39 is 11.8 Å². The van der Waals surface area contributed by atoms with Crippen LogP contribution in [0.4, 0.5) is 14.9 Å². The summed E-state index contributed by atoms with van der Waals surface area (Å²) in [5, 5.41) is 9.98. The van der Waals surface area contributed by atoms with Gasteiger partial charge in [-0.05, 0) is 37.6 Å². The molecule has 0 spiro atoms. The van der Waals surface area contributed by atoms with Gasteiger partial charge in [-0.1, -0.05) is 24.3 Å². The summed E-state index contributed by atoms with van der Waals surface area (Å²) in [7, 11) is 1.83. The fraction of sp³-hybridized carbons (Fsp3) is 0.208. The van der Waals surface area contributed by atoms with E-state index in [0.29, 0.717) is 17.8 Å². The van der Waals surface area contributed by atoms with Crippen LogP contribution in [0.15, 0.2) is 55.0 Å². The number of amides is 2. The van der Waals surface area contributed by atoms with E-state index >= 15 is 0 Å². The van der Waals surface area contributed by atoms with Gasteiger partial charge in [0.2, 0.25) is 0 Å². The summed E-state index contributed by atoms with van der Waals surface area (Å²) in [6.07, 6.45) is 3.60. The van der Waals surface area contributed by atoms with Crippen molar-refractivity contribution in [1.29, 1.82) is 0 Å². The van der Waals surface area contributed by atoms with Crippen molar-refractivity contribution in [2.45, 2.75) is 19.9 Å². The minimum atomic E-state index is -0.408. The van der Waals surface area contributed by atoms with E-state index in [-0.39, 0.29) is 6.04 Å². The van der Waals surface area contributed by atoms with Crippen molar-refractivity contribution in [2.24, 2.45) is 7.05 Å². The summed E-state index contributed by atoms with van der Waals surface area (Å²) in [5.41, 5.74) is 6.57. The number of carbonyl (C=O) groups excluding carboxylic acids is 1. The van der Waals surface area contributed by atoms with Crippen LogP contribution < -0.4 is 10.6 Å². The maximum Gasteiger partial charge on any atom is 0.319 e. The van der Waals surface area contributed by atoms with Gasteiger partial charge in [0, 0.05) is 41.7 Å². The Balaban J connectivity index is 1.29. The molecule has 1 atom stereocenters. The van der Waals surface area contributed by atoms with Crippen LogP contribution in [0.3, 0.4) is 0 Å². The van der Waals surface area contributed by atoms with Crippen molar-refractivity contribution in [3.63, 3.8) is 0 Å². The molecule has 0 fully saturated rings. The van der Waals surface area contributed by atoms with Crippen LogP contribution in [0.5, 0.6) is 0 Å². The van der Waals surface area contributed by atoms with Gasteiger partial charge in [-0.15, -0.1) is 0 Å². The number of urea groups is 1. The van der Waals surface area contributed by atoms with Crippen molar-refractivity contribution in [3.8, 4) is 22.4 Å². The molecule has 3 heterocycles. The first-order valence-corrected chi connectivity index (χ1v) is 10.4. The zero-order valence-electron chi connectivity index (χ0n) is 18.1. The summed E-state index contributed by atoms with van der Waals surface area (Å²) in [4.78, 5) is 16.8. The molecule has 2 N–H and O–H groups in total. The Hall–Kier alpha value is -3.94. The lowest BCUT2D eigenvalue weighted by Crippen LogP contribution is -2.33. The number of benzene rings is 2. The molecule has 0 saturated heterocycles. The van der Waals surface area contributed by atoms with Crippen LogP contribution >= 0.6 is 0 Å². The number of nitrogens with one attached hydrogen (secondary N) is 2. The van der Waals surface area contributed by atoms with E-state index in [1.54, 1.807) is 23.1 Å². The van der Waals surface area contributed by atoms with E-state index in [4.69, 9.17) is 0 Å². The Labute approximate surface area is 184 Å². The lowest BCUT2D eigenvalue weighted by atomic mass is 10.0. The minimum Gasteiger partial charge on any atom is -0.335 e. The average Bonchev–Trinajstić information content (AvgIpc) is 3.41. The second-order valence-corrected chi connectivity index (χ2v) is 7.99. The monoisotopic (exact) mass is 430 g/mol. The van der Waals surface area contributed by atoms with Gasteiger partial charge in [0.15, 0.2) is 0 Å². The highest BCUT2D eigenvalue weighted by atomic mass is 19.1. The Morgan fingerprint density at radius 1 is 1.16 bits per heavy atom. The Morgan fingerprint density at radius 3 is 2.72 bits per heavy atom. The first-order chi connectivity index (χ1) is 15.4. The second kappa shape index (κ2) is 7.64. The van der Waals surface area contributed by atoms with Gasteiger partial charge < -0.3 is 15.2 Å². The molecular formula is C24H23FN6O. The zero-order valence-corrected chi connectivity index (χ0v) is 18.1. The standard InChI is InChI=1S/C24H23FN6O/c1-14-23(15(2)30(3)29-14)19-9-8-16(10-20(19)25)28-24(32)27-12-22-18-7-5-4-6-17(18)21-11-26-13-31(21)22/h4-11,13,22H,12H2,1-3H3,(H2,27,28,32). The third-order valence-electron chi connectivity index (χ3n) is 6.06. The van der Waals surface area contributed by atoms with Crippen molar-refractivity contribution in [2.75, 3.05) is 11.9 Å². The second-order valence-electron chi connectivity index (χ2n) is 7.99. The predicted molar refractivity (Wildman–Crippen MR) is 121 cm³/mol. The predicted octanol–water partition coefficient (Wildman–Crippen LogP) is 4.43. The smallest absolute Gasteiger partial charge is 0.319 e. The molecule has 0 radical (unpaired) electrons. The fourth-order valence-corrected chi connectivity index (χ4v) is 4.46. The molecule has 4 aromatic rings. The summed E-state index contributed by atoms with van der Waals surface area (Å²) >= 11 is 0. The van der Waals surface area contributed by atoms with E-state index in [2.05, 4.69) is 37.4 Å². The molecule has 1 aliphatic rings. The molecule has 162 valence electrons. The molecule has 5 rings (SSSR count). The van der Waals surface area contributed by atoms with Crippen LogP contribution in [-0.4, -0.2) is 31.9 Å². The summed E-state index contributed by atoms with van der Waals surface area (Å²) in [5.74, 6) is -0.408. The molecule has 1 unspecified atom stereocenters. The molecule has 2 aromatic heterocycles. The Kier molecular flexibility index (Phi) is 4.77. The largest absolute Gasteiger partial charge is 0.335 e. The highest BCUT2D eigenvalue weighted by Gasteiger charge is 2.28. The van der Waals surface area contributed by atoms with Gasteiger partial charge in [0.25, 0.3) is 0 Å². The lowest BCUT2D eigenvalue weighted by Gasteiger charge is -2.16. The molecule has 0 saturated carbocycles. The van der Waals surface area contributed by atoms with Crippen LogP contribution in [0.25, 0.3) is 22.4 Å². The van der Waals surface area contributed by atoms with E-state index in [1.165, 1.54) is 6.07 Å². The number of anilines is 1.